The lowest BCUT2D eigenvalue weighted by molar-refractivity contribution is -0.123. The number of aliphatic hydroxyl groups is 2. The molecule has 2 atom stereocenters. The molecule has 0 aliphatic carbocycles. The molecule has 3 rings (SSSR count). The molecule has 1 aromatic rings. The van der Waals surface area contributed by atoms with Crippen molar-refractivity contribution in [1.82, 2.24) is 0 Å². The minimum Gasteiger partial charge on any atom is -0.394 e. The average Bonchev–Trinajstić information content (AvgIpc) is 2.68. The van der Waals surface area contributed by atoms with E-state index >= 15 is 0 Å². The molecular weight excluding hydrogens is 292 g/mol. The molecule has 114 valence electrons. The summed E-state index contributed by atoms with van der Waals surface area (Å²) in [6.45, 7) is 0.919. The molecule has 21 heavy (non-hydrogen) atoms. The molecule has 2 aliphatic rings. The van der Waals surface area contributed by atoms with Crippen LogP contribution in [-0.4, -0.2) is 35.3 Å². The first kappa shape index (κ1) is 14.6. The molecule has 3 N–H and O–H groups in total. The van der Waals surface area contributed by atoms with Gasteiger partial charge in [0.2, 0.25) is 0 Å². The number of benzene rings is 1. The van der Waals surface area contributed by atoms with Gasteiger partial charge in [-0.25, -0.2) is 0 Å². The highest BCUT2D eigenvalue weighted by Gasteiger charge is 2.31. The number of aliphatic hydroxyl groups excluding tert-OH is 2. The molecule has 2 aliphatic heterocycles. The molecule has 1 saturated heterocycles. The van der Waals surface area contributed by atoms with E-state index in [9.17, 15) is 15.0 Å². The molecule has 1 amide bonds. The Morgan fingerprint density at radius 3 is 2.90 bits per heavy atom. The number of nitrogens with zero attached hydrogens (tertiary/aromatic N) is 1. The monoisotopic (exact) mass is 310 g/mol. The van der Waals surface area contributed by atoms with Crippen molar-refractivity contribution in [2.45, 2.75) is 37.8 Å². The predicted octanol–water partition coefficient (Wildman–Crippen LogP) is 2.07. The van der Waals surface area contributed by atoms with Gasteiger partial charge in [-0.2, -0.15) is 0 Å². The Labute approximate surface area is 128 Å². The predicted molar refractivity (Wildman–Crippen MR) is 81.7 cm³/mol. The Kier molecular flexibility index (Phi) is 4.06. The van der Waals surface area contributed by atoms with Crippen molar-refractivity contribution < 1.29 is 15.0 Å². The molecule has 5 nitrogen and oxygen atoms in total. The molecule has 0 spiro atoms. The van der Waals surface area contributed by atoms with E-state index < -0.39 is 12.0 Å². The number of halogens is 1. The normalized spacial score (nSPS) is 25.5. The fraction of sp³-hybridized carbons (Fsp3) is 0.533. The van der Waals surface area contributed by atoms with Crippen molar-refractivity contribution in [3.63, 3.8) is 0 Å². The van der Waals surface area contributed by atoms with Crippen LogP contribution >= 0.6 is 11.6 Å². The molecule has 0 aromatic heterocycles. The number of rotatable bonds is 2. The summed E-state index contributed by atoms with van der Waals surface area (Å²) in [5.41, 5.74) is 1.93. The lowest BCUT2D eigenvalue weighted by Gasteiger charge is -2.32. The molecule has 2 unspecified atom stereocenters. The summed E-state index contributed by atoms with van der Waals surface area (Å²) in [5.74, 6) is -0.423. The van der Waals surface area contributed by atoms with E-state index in [0.29, 0.717) is 16.3 Å². The van der Waals surface area contributed by atoms with E-state index in [0.717, 1.165) is 37.9 Å². The van der Waals surface area contributed by atoms with Crippen molar-refractivity contribution in [2.75, 3.05) is 23.4 Å². The van der Waals surface area contributed by atoms with Gasteiger partial charge in [0.15, 0.2) is 6.10 Å². The second-order valence-corrected chi connectivity index (χ2v) is 6.07. The van der Waals surface area contributed by atoms with Crippen LogP contribution in [0.3, 0.4) is 0 Å². The number of hydrogen-bond donors (Lipinski definition) is 3. The fourth-order valence-electron chi connectivity index (χ4n) is 3.16. The van der Waals surface area contributed by atoms with Crippen LogP contribution in [0.2, 0.25) is 5.02 Å². The van der Waals surface area contributed by atoms with Crippen LogP contribution in [0, 0.1) is 0 Å². The molecule has 1 fully saturated rings. The second kappa shape index (κ2) is 5.83. The summed E-state index contributed by atoms with van der Waals surface area (Å²) >= 11 is 6.36. The van der Waals surface area contributed by atoms with Gasteiger partial charge in [-0.05, 0) is 25.0 Å². The number of anilines is 2. The molecule has 0 radical (unpaired) electrons. The maximum Gasteiger partial charge on any atom is 0.257 e. The van der Waals surface area contributed by atoms with Crippen LogP contribution in [0.15, 0.2) is 12.1 Å². The van der Waals surface area contributed by atoms with Crippen molar-refractivity contribution in [3.8, 4) is 0 Å². The SMILES string of the molecule is O=C1Nc2cc(N3CCCCCC3CO)c(Cl)cc2C1O. The third-order valence-corrected chi connectivity index (χ3v) is 4.62. The van der Waals surface area contributed by atoms with Crippen LogP contribution in [0.1, 0.15) is 37.4 Å². The zero-order valence-corrected chi connectivity index (χ0v) is 12.4. The van der Waals surface area contributed by atoms with Gasteiger partial charge in [-0.1, -0.05) is 24.4 Å². The summed E-state index contributed by atoms with van der Waals surface area (Å²) in [6.07, 6.45) is 3.08. The first-order chi connectivity index (χ1) is 10.1. The topological polar surface area (TPSA) is 72.8 Å². The fourth-order valence-corrected chi connectivity index (χ4v) is 3.44. The van der Waals surface area contributed by atoms with Gasteiger partial charge in [-0.3, -0.25) is 4.79 Å². The summed E-state index contributed by atoms with van der Waals surface area (Å²) in [6, 6.07) is 3.50. The molecule has 6 heteroatoms. The van der Waals surface area contributed by atoms with Crippen molar-refractivity contribution >= 4 is 28.9 Å². The van der Waals surface area contributed by atoms with E-state index in [1.54, 1.807) is 12.1 Å². The quantitative estimate of drug-likeness (QED) is 0.782. The highest BCUT2D eigenvalue weighted by molar-refractivity contribution is 6.33. The van der Waals surface area contributed by atoms with Crippen molar-refractivity contribution in [1.29, 1.82) is 0 Å². The second-order valence-electron chi connectivity index (χ2n) is 5.66. The lowest BCUT2D eigenvalue weighted by atomic mass is 10.1. The minimum atomic E-state index is -1.15. The number of carbonyl (C=O) groups is 1. The van der Waals surface area contributed by atoms with Gasteiger partial charge in [0.25, 0.3) is 5.91 Å². The van der Waals surface area contributed by atoms with Crippen LogP contribution < -0.4 is 10.2 Å². The largest absolute Gasteiger partial charge is 0.394 e. The van der Waals surface area contributed by atoms with Crippen LogP contribution in [-0.2, 0) is 4.79 Å². The Morgan fingerprint density at radius 2 is 2.14 bits per heavy atom. The maximum absolute atomic E-state index is 11.5. The van der Waals surface area contributed by atoms with E-state index in [4.69, 9.17) is 11.6 Å². The molecule has 1 aromatic carbocycles. The number of hydrogen-bond acceptors (Lipinski definition) is 4. The Bertz CT molecular complexity index is 564. The number of amides is 1. The maximum atomic E-state index is 11.5. The van der Waals surface area contributed by atoms with E-state index in [2.05, 4.69) is 10.2 Å². The number of fused-ring (bicyclic) bond motifs is 1. The van der Waals surface area contributed by atoms with E-state index in [1.165, 1.54) is 0 Å². The standard InChI is InChI=1S/C15H19ClN2O3/c16-11-6-10-12(17-15(21)14(10)20)7-13(11)18-5-3-1-2-4-9(18)8-19/h6-7,9,14,19-20H,1-5,8H2,(H,17,21). The van der Waals surface area contributed by atoms with Crippen LogP contribution in [0.5, 0.6) is 0 Å². The lowest BCUT2D eigenvalue weighted by Crippen LogP contribution is -2.37. The summed E-state index contributed by atoms with van der Waals surface area (Å²) in [5, 5.41) is 22.6. The molecule has 0 saturated carbocycles. The molecule has 0 bridgehead atoms. The van der Waals surface area contributed by atoms with Gasteiger partial charge < -0.3 is 20.4 Å². The van der Waals surface area contributed by atoms with Crippen LogP contribution in [0.25, 0.3) is 0 Å². The number of nitrogens with one attached hydrogen (secondary N) is 1. The summed E-state index contributed by atoms with van der Waals surface area (Å²) in [4.78, 5) is 13.7. The van der Waals surface area contributed by atoms with Gasteiger partial charge in [0.05, 0.1) is 23.4 Å². The van der Waals surface area contributed by atoms with Gasteiger partial charge in [0, 0.05) is 17.8 Å². The van der Waals surface area contributed by atoms with E-state index in [-0.39, 0.29) is 12.6 Å². The Balaban J connectivity index is 1.98. The zero-order chi connectivity index (χ0) is 15.0. The van der Waals surface area contributed by atoms with E-state index in [1.807, 2.05) is 0 Å². The summed E-state index contributed by atoms with van der Waals surface area (Å²) in [7, 11) is 0. The first-order valence-electron chi connectivity index (χ1n) is 7.31. The third kappa shape index (κ3) is 2.61. The Hall–Kier alpha value is -1.30. The smallest absolute Gasteiger partial charge is 0.257 e. The van der Waals surface area contributed by atoms with Gasteiger partial charge >= 0.3 is 0 Å². The first-order valence-corrected chi connectivity index (χ1v) is 7.69. The third-order valence-electron chi connectivity index (χ3n) is 4.32. The molecular formula is C15H19ClN2O3. The minimum absolute atomic E-state index is 0.0464. The zero-order valence-electron chi connectivity index (χ0n) is 11.7. The molecule has 2 heterocycles. The van der Waals surface area contributed by atoms with Crippen molar-refractivity contribution in [3.05, 3.63) is 22.7 Å². The van der Waals surface area contributed by atoms with Gasteiger partial charge in [0.1, 0.15) is 0 Å². The van der Waals surface area contributed by atoms with Crippen LogP contribution in [0.4, 0.5) is 11.4 Å². The highest BCUT2D eigenvalue weighted by atomic mass is 35.5. The highest BCUT2D eigenvalue weighted by Crippen LogP contribution is 2.40. The van der Waals surface area contributed by atoms with Crippen molar-refractivity contribution in [2.24, 2.45) is 0 Å². The van der Waals surface area contributed by atoms with Gasteiger partial charge in [-0.15, -0.1) is 0 Å². The summed E-state index contributed by atoms with van der Waals surface area (Å²) < 4.78 is 0. The number of carbonyl (C=O) groups excluding carboxylic acids is 1. The average molecular weight is 311 g/mol. The Morgan fingerprint density at radius 1 is 1.33 bits per heavy atom.